The number of halogens is 1. The number of H-pyrrole nitrogens is 1. The van der Waals surface area contributed by atoms with Gasteiger partial charge in [0, 0.05) is 17.0 Å². The van der Waals surface area contributed by atoms with Crippen LogP contribution in [0.15, 0.2) is 59.4 Å². The molecule has 0 atom stereocenters. The fraction of sp³-hybridized carbons (Fsp3) is 0.0588. The quantitative estimate of drug-likeness (QED) is 0.623. The molecule has 2 heterocycles. The molecule has 7 heteroatoms. The third kappa shape index (κ3) is 2.68. The zero-order valence-electron chi connectivity index (χ0n) is 12.5. The van der Waals surface area contributed by atoms with E-state index < -0.39 is 0 Å². The second-order valence-corrected chi connectivity index (χ2v) is 5.77. The topological polar surface area (TPSA) is 75.9 Å². The van der Waals surface area contributed by atoms with Crippen LogP contribution in [0.5, 0.6) is 0 Å². The summed E-state index contributed by atoms with van der Waals surface area (Å²) in [5, 5.41) is 13.2. The second kappa shape index (κ2) is 5.90. The lowest BCUT2D eigenvalue weighted by Crippen LogP contribution is -2.19. The molecule has 4 rings (SSSR count). The Morgan fingerprint density at radius 1 is 1.00 bits per heavy atom. The average molecular weight is 338 g/mol. The van der Waals surface area contributed by atoms with E-state index in [0.717, 1.165) is 11.1 Å². The summed E-state index contributed by atoms with van der Waals surface area (Å²) >= 11 is 5.92. The summed E-state index contributed by atoms with van der Waals surface area (Å²) in [4.78, 5) is 14.9. The van der Waals surface area contributed by atoms with Gasteiger partial charge in [0.2, 0.25) is 0 Å². The van der Waals surface area contributed by atoms with Crippen LogP contribution in [0.2, 0.25) is 5.02 Å². The van der Waals surface area contributed by atoms with E-state index in [-0.39, 0.29) is 5.56 Å². The summed E-state index contributed by atoms with van der Waals surface area (Å²) in [5.74, 6) is 0.856. The number of aromatic nitrogens is 5. The predicted molar refractivity (Wildman–Crippen MR) is 91.1 cm³/mol. The van der Waals surface area contributed by atoms with Crippen LogP contribution < -0.4 is 5.56 Å². The normalized spacial score (nSPS) is 11.0. The first-order valence-electron chi connectivity index (χ1n) is 7.35. The largest absolute Gasteiger partial charge is 0.288 e. The third-order valence-electron chi connectivity index (χ3n) is 3.67. The van der Waals surface area contributed by atoms with Crippen LogP contribution in [0.25, 0.3) is 17.2 Å². The van der Waals surface area contributed by atoms with Gasteiger partial charge in [0.05, 0.1) is 0 Å². The Labute approximate surface area is 141 Å². The van der Waals surface area contributed by atoms with Gasteiger partial charge in [-0.1, -0.05) is 41.9 Å². The van der Waals surface area contributed by atoms with Crippen LogP contribution in [0.3, 0.4) is 0 Å². The Morgan fingerprint density at radius 2 is 1.75 bits per heavy atom. The summed E-state index contributed by atoms with van der Waals surface area (Å²) in [7, 11) is 0. The lowest BCUT2D eigenvalue weighted by atomic mass is 10.1. The minimum atomic E-state index is -0.263. The van der Waals surface area contributed by atoms with Crippen LogP contribution in [0, 0.1) is 0 Å². The van der Waals surface area contributed by atoms with Crippen molar-refractivity contribution >= 4 is 17.4 Å². The molecule has 2 aromatic heterocycles. The van der Waals surface area contributed by atoms with E-state index in [2.05, 4.69) is 20.3 Å². The lowest BCUT2D eigenvalue weighted by Gasteiger charge is -2.03. The van der Waals surface area contributed by atoms with E-state index >= 15 is 0 Å². The molecule has 0 spiro atoms. The molecular weight excluding hydrogens is 326 g/mol. The van der Waals surface area contributed by atoms with Gasteiger partial charge in [-0.05, 0) is 29.8 Å². The van der Waals surface area contributed by atoms with Gasteiger partial charge < -0.3 is 0 Å². The fourth-order valence-corrected chi connectivity index (χ4v) is 2.60. The molecule has 1 N–H and O–H groups in total. The van der Waals surface area contributed by atoms with Crippen LogP contribution in [0.1, 0.15) is 11.3 Å². The molecule has 2 aromatic carbocycles. The molecule has 24 heavy (non-hydrogen) atoms. The molecule has 4 aromatic rings. The SMILES string of the molecule is O=c1[nH]c2nnc(-c3ccc(Cl)cc3)n2nc1Cc1ccccc1. The van der Waals surface area contributed by atoms with Gasteiger partial charge in [-0.2, -0.15) is 9.61 Å². The molecule has 0 saturated heterocycles. The van der Waals surface area contributed by atoms with Crippen LogP contribution in [-0.4, -0.2) is 24.8 Å². The Bertz CT molecular complexity index is 1050. The monoisotopic (exact) mass is 337 g/mol. The van der Waals surface area contributed by atoms with Crippen molar-refractivity contribution in [1.82, 2.24) is 24.8 Å². The number of nitrogens with one attached hydrogen (secondary N) is 1. The predicted octanol–water partition coefficient (Wildman–Crippen LogP) is 2.72. The van der Waals surface area contributed by atoms with Gasteiger partial charge in [0.1, 0.15) is 5.69 Å². The van der Waals surface area contributed by atoms with Crippen molar-refractivity contribution in [3.63, 3.8) is 0 Å². The van der Waals surface area contributed by atoms with Crippen molar-refractivity contribution in [2.24, 2.45) is 0 Å². The van der Waals surface area contributed by atoms with Crippen molar-refractivity contribution in [3.05, 3.63) is 81.2 Å². The standard InChI is InChI=1S/C17H12ClN5O/c18-13-8-6-12(7-9-13)15-20-21-17-19-16(24)14(22-23(15)17)10-11-4-2-1-3-5-11/h1-9H,10H2,(H,19,21,24). The third-order valence-corrected chi connectivity index (χ3v) is 3.92. The number of hydrogen-bond acceptors (Lipinski definition) is 4. The summed E-state index contributed by atoms with van der Waals surface area (Å²) in [6.07, 6.45) is 0.435. The minimum Gasteiger partial charge on any atom is -0.288 e. The number of hydrogen-bond donors (Lipinski definition) is 1. The highest BCUT2D eigenvalue weighted by molar-refractivity contribution is 6.30. The molecule has 118 valence electrons. The van der Waals surface area contributed by atoms with Crippen molar-refractivity contribution in [2.75, 3.05) is 0 Å². The van der Waals surface area contributed by atoms with E-state index in [9.17, 15) is 4.79 Å². The lowest BCUT2D eigenvalue weighted by molar-refractivity contribution is 0.829. The van der Waals surface area contributed by atoms with Crippen molar-refractivity contribution in [1.29, 1.82) is 0 Å². The maximum absolute atomic E-state index is 12.2. The number of benzene rings is 2. The highest BCUT2D eigenvalue weighted by Gasteiger charge is 2.13. The zero-order valence-corrected chi connectivity index (χ0v) is 13.2. The maximum Gasteiger partial charge on any atom is 0.274 e. The number of rotatable bonds is 3. The van der Waals surface area contributed by atoms with E-state index in [4.69, 9.17) is 11.6 Å². The van der Waals surface area contributed by atoms with Crippen LogP contribution >= 0.6 is 11.6 Å². The van der Waals surface area contributed by atoms with Crippen molar-refractivity contribution < 1.29 is 0 Å². The molecule has 0 radical (unpaired) electrons. The molecule has 0 fully saturated rings. The van der Waals surface area contributed by atoms with E-state index in [1.807, 2.05) is 42.5 Å². The Kier molecular flexibility index (Phi) is 3.59. The first-order chi connectivity index (χ1) is 11.7. The van der Waals surface area contributed by atoms with Crippen molar-refractivity contribution in [2.45, 2.75) is 6.42 Å². The fourth-order valence-electron chi connectivity index (χ4n) is 2.48. The van der Waals surface area contributed by atoms with E-state index in [1.54, 1.807) is 16.6 Å². The van der Waals surface area contributed by atoms with Crippen LogP contribution in [0.4, 0.5) is 0 Å². The highest BCUT2D eigenvalue weighted by atomic mass is 35.5. The van der Waals surface area contributed by atoms with Gasteiger partial charge in [0.15, 0.2) is 5.82 Å². The minimum absolute atomic E-state index is 0.263. The Hall–Kier alpha value is -2.99. The van der Waals surface area contributed by atoms with Gasteiger partial charge in [-0.3, -0.25) is 9.78 Å². The van der Waals surface area contributed by atoms with Crippen LogP contribution in [-0.2, 0) is 6.42 Å². The smallest absolute Gasteiger partial charge is 0.274 e. The summed E-state index contributed by atoms with van der Waals surface area (Å²) in [6, 6.07) is 16.9. The second-order valence-electron chi connectivity index (χ2n) is 5.33. The molecule has 0 unspecified atom stereocenters. The summed E-state index contributed by atoms with van der Waals surface area (Å²) < 4.78 is 1.54. The molecule has 0 bridgehead atoms. The van der Waals surface area contributed by atoms with E-state index in [1.165, 1.54) is 0 Å². The molecule has 0 saturated carbocycles. The average Bonchev–Trinajstić information content (AvgIpc) is 2.99. The Balaban J connectivity index is 1.82. The first kappa shape index (κ1) is 14.6. The zero-order chi connectivity index (χ0) is 16.5. The van der Waals surface area contributed by atoms with Gasteiger partial charge in [-0.15, -0.1) is 10.2 Å². The molecular formula is C17H12ClN5O. The van der Waals surface area contributed by atoms with E-state index in [0.29, 0.717) is 28.7 Å². The Morgan fingerprint density at radius 3 is 2.50 bits per heavy atom. The number of aromatic amines is 1. The van der Waals surface area contributed by atoms with Gasteiger partial charge in [0.25, 0.3) is 11.3 Å². The summed E-state index contributed by atoms with van der Waals surface area (Å²) in [5.41, 5.74) is 1.97. The van der Waals surface area contributed by atoms with Gasteiger partial charge >= 0.3 is 0 Å². The van der Waals surface area contributed by atoms with Crippen molar-refractivity contribution in [3.8, 4) is 11.4 Å². The summed E-state index contributed by atoms with van der Waals surface area (Å²) in [6.45, 7) is 0. The molecule has 0 amide bonds. The first-order valence-corrected chi connectivity index (χ1v) is 7.73. The maximum atomic E-state index is 12.2. The number of nitrogens with zero attached hydrogens (tertiary/aromatic N) is 4. The molecule has 0 aliphatic rings. The molecule has 0 aliphatic carbocycles. The molecule has 6 nitrogen and oxygen atoms in total. The van der Waals surface area contributed by atoms with Gasteiger partial charge in [-0.25, -0.2) is 0 Å². The number of fused-ring (bicyclic) bond motifs is 1. The molecule has 0 aliphatic heterocycles. The highest BCUT2D eigenvalue weighted by Crippen LogP contribution is 2.19.